The van der Waals surface area contributed by atoms with Crippen molar-refractivity contribution in [2.45, 2.75) is 39.0 Å². The molecule has 3 nitrogen and oxygen atoms in total. The van der Waals surface area contributed by atoms with Gasteiger partial charge in [-0.1, -0.05) is 20.8 Å². The third kappa shape index (κ3) is 1.52. The summed E-state index contributed by atoms with van der Waals surface area (Å²) >= 11 is 0. The van der Waals surface area contributed by atoms with Crippen LogP contribution in [-0.4, -0.2) is 31.9 Å². The average molecular weight is 201 g/mol. The van der Waals surface area contributed by atoms with E-state index in [0.717, 1.165) is 4.22 Å². The Morgan fingerprint density at radius 2 is 1.77 bits per heavy atom. The summed E-state index contributed by atoms with van der Waals surface area (Å²) < 4.78 is 24.5. The monoisotopic (exact) mass is 201 g/mol. The lowest BCUT2D eigenvalue weighted by Gasteiger charge is -2.18. The van der Waals surface area contributed by atoms with E-state index in [1.807, 2.05) is 27.7 Å². The van der Waals surface area contributed by atoms with Crippen LogP contribution in [0.4, 0.5) is 0 Å². The molecule has 0 aromatic heterocycles. The zero-order chi connectivity index (χ0) is 10.4. The molecule has 1 heterocycles. The van der Waals surface area contributed by atoms with Gasteiger partial charge in [0.2, 0.25) is 18.0 Å². The van der Waals surface area contributed by atoms with Gasteiger partial charge in [-0.25, -0.2) is 8.42 Å². The fourth-order valence-corrected chi connectivity index (χ4v) is 4.50. The normalized spacial score (nSPS) is 39.9. The van der Waals surface area contributed by atoms with Crippen LogP contribution in [0.1, 0.15) is 27.7 Å². The predicted octanol–water partition coefficient (Wildman–Crippen LogP) is 0.764. The highest BCUT2D eigenvalue weighted by atomic mass is 32.2. The van der Waals surface area contributed by atoms with Crippen molar-refractivity contribution >= 4 is 18.0 Å². The highest BCUT2D eigenvalue weighted by Gasteiger charge is 2.47. The van der Waals surface area contributed by atoms with E-state index >= 15 is 0 Å². The summed E-state index contributed by atoms with van der Waals surface area (Å²) in [6.07, 6.45) is 0. The SMILES string of the molecule is [B]N1C(C)C(C)C(C(C)C)S1(=O)=O. The molecule has 0 saturated carbocycles. The molecular weight excluding hydrogens is 185 g/mol. The van der Waals surface area contributed by atoms with Gasteiger partial charge in [0, 0.05) is 6.04 Å². The molecule has 74 valence electrons. The number of hydrogen-bond acceptors (Lipinski definition) is 2. The molecule has 0 aromatic rings. The Hall–Kier alpha value is -0.0251. The quantitative estimate of drug-likeness (QED) is 0.587. The number of hydrogen-bond donors (Lipinski definition) is 0. The van der Waals surface area contributed by atoms with E-state index in [-0.39, 0.29) is 23.1 Å². The Kier molecular flexibility index (Phi) is 2.79. The lowest BCUT2D eigenvalue weighted by atomic mass is 9.92. The number of sulfonamides is 1. The van der Waals surface area contributed by atoms with Gasteiger partial charge >= 0.3 is 0 Å². The van der Waals surface area contributed by atoms with Crippen molar-refractivity contribution < 1.29 is 8.42 Å². The summed E-state index contributed by atoms with van der Waals surface area (Å²) in [6, 6.07) is -0.0857. The third-order valence-corrected chi connectivity index (χ3v) is 5.56. The molecule has 2 radical (unpaired) electrons. The van der Waals surface area contributed by atoms with Gasteiger partial charge in [-0.3, -0.25) is 4.22 Å². The van der Waals surface area contributed by atoms with Crippen molar-refractivity contribution in [3.8, 4) is 0 Å². The first-order chi connectivity index (χ1) is 5.80. The van der Waals surface area contributed by atoms with Crippen molar-refractivity contribution in [1.29, 1.82) is 0 Å². The molecule has 13 heavy (non-hydrogen) atoms. The number of nitrogens with zero attached hydrogens (tertiary/aromatic N) is 1. The van der Waals surface area contributed by atoms with Crippen molar-refractivity contribution in [1.82, 2.24) is 4.22 Å². The van der Waals surface area contributed by atoms with Crippen LogP contribution >= 0.6 is 0 Å². The average Bonchev–Trinajstić information content (AvgIpc) is 2.12. The third-order valence-electron chi connectivity index (χ3n) is 2.98. The lowest BCUT2D eigenvalue weighted by molar-refractivity contribution is 0.375. The van der Waals surface area contributed by atoms with Crippen LogP contribution < -0.4 is 0 Å². The maximum Gasteiger partial charge on any atom is 0.206 e. The minimum atomic E-state index is -3.25. The summed E-state index contributed by atoms with van der Waals surface area (Å²) in [5.41, 5.74) is 0. The van der Waals surface area contributed by atoms with Crippen LogP contribution in [0.2, 0.25) is 0 Å². The van der Waals surface area contributed by atoms with E-state index in [0.29, 0.717) is 0 Å². The van der Waals surface area contributed by atoms with Gasteiger partial charge in [0.15, 0.2) is 0 Å². The van der Waals surface area contributed by atoms with Crippen molar-refractivity contribution in [3.05, 3.63) is 0 Å². The van der Waals surface area contributed by atoms with Gasteiger partial charge in [-0.2, -0.15) is 0 Å². The first-order valence-electron chi connectivity index (χ1n) is 4.58. The van der Waals surface area contributed by atoms with Crippen molar-refractivity contribution in [2.24, 2.45) is 11.8 Å². The highest BCUT2D eigenvalue weighted by Crippen LogP contribution is 2.35. The second kappa shape index (κ2) is 3.28. The van der Waals surface area contributed by atoms with Crippen molar-refractivity contribution in [2.75, 3.05) is 0 Å². The van der Waals surface area contributed by atoms with Gasteiger partial charge in [0.05, 0.1) is 5.25 Å². The van der Waals surface area contributed by atoms with Crippen molar-refractivity contribution in [3.63, 3.8) is 0 Å². The number of rotatable bonds is 1. The van der Waals surface area contributed by atoms with E-state index in [2.05, 4.69) is 0 Å². The van der Waals surface area contributed by atoms with Gasteiger partial charge in [-0.15, -0.1) is 0 Å². The van der Waals surface area contributed by atoms with E-state index in [1.54, 1.807) is 0 Å². The summed E-state index contributed by atoms with van der Waals surface area (Å²) in [5.74, 6) is 0.228. The van der Waals surface area contributed by atoms with Crippen LogP contribution in [0.5, 0.6) is 0 Å². The van der Waals surface area contributed by atoms with Crippen LogP contribution in [0.3, 0.4) is 0 Å². The maximum absolute atomic E-state index is 11.8. The van der Waals surface area contributed by atoms with Crippen LogP contribution in [0.15, 0.2) is 0 Å². The molecule has 0 aliphatic carbocycles. The smallest absolute Gasteiger partial charge is 0.206 e. The van der Waals surface area contributed by atoms with Gasteiger partial charge in [0.25, 0.3) is 0 Å². The second-order valence-electron chi connectivity index (χ2n) is 4.18. The van der Waals surface area contributed by atoms with Gasteiger partial charge < -0.3 is 0 Å². The largest absolute Gasteiger partial charge is 0.253 e. The summed E-state index contributed by atoms with van der Waals surface area (Å²) in [4.78, 5) is 0. The molecule has 1 saturated heterocycles. The predicted molar refractivity (Wildman–Crippen MR) is 53.8 cm³/mol. The molecule has 3 atom stereocenters. The van der Waals surface area contributed by atoms with E-state index in [4.69, 9.17) is 7.98 Å². The standard InChI is InChI=1S/C8H16BNO2S/c1-5(2)8-6(3)7(4)10(9)13(8,11)12/h5-8H,1-4H3. The fraction of sp³-hybridized carbons (Fsp3) is 1.00. The fourth-order valence-electron chi connectivity index (χ4n) is 2.10. The Bertz CT molecular complexity index is 289. The Labute approximate surface area is 82.0 Å². The van der Waals surface area contributed by atoms with Gasteiger partial charge in [-0.05, 0) is 18.8 Å². The van der Waals surface area contributed by atoms with Crippen LogP contribution in [-0.2, 0) is 10.0 Å². The van der Waals surface area contributed by atoms with Gasteiger partial charge in [0.1, 0.15) is 0 Å². The summed E-state index contributed by atoms with van der Waals surface area (Å²) in [5, 5.41) is -0.326. The topological polar surface area (TPSA) is 37.4 Å². The molecule has 0 bridgehead atoms. The molecule has 0 aromatic carbocycles. The zero-order valence-electron chi connectivity index (χ0n) is 8.56. The zero-order valence-corrected chi connectivity index (χ0v) is 9.38. The maximum atomic E-state index is 11.8. The molecule has 0 amide bonds. The molecular formula is C8H16BNO2S. The van der Waals surface area contributed by atoms with E-state index < -0.39 is 10.0 Å². The molecule has 5 heteroatoms. The van der Waals surface area contributed by atoms with E-state index in [9.17, 15) is 8.42 Å². The summed E-state index contributed by atoms with van der Waals surface area (Å²) in [6.45, 7) is 7.64. The lowest BCUT2D eigenvalue weighted by Crippen LogP contribution is -2.32. The Morgan fingerprint density at radius 1 is 1.31 bits per heavy atom. The molecule has 3 unspecified atom stereocenters. The minimum absolute atomic E-state index is 0.0857. The molecule has 1 rings (SSSR count). The Morgan fingerprint density at radius 3 is 1.92 bits per heavy atom. The highest BCUT2D eigenvalue weighted by molar-refractivity contribution is 7.90. The van der Waals surface area contributed by atoms with Crippen LogP contribution in [0.25, 0.3) is 0 Å². The first kappa shape index (κ1) is 11.1. The van der Waals surface area contributed by atoms with Crippen LogP contribution in [0, 0.1) is 11.8 Å². The molecule has 1 fully saturated rings. The Balaban J connectivity index is 3.10. The second-order valence-corrected chi connectivity index (χ2v) is 6.18. The summed E-state index contributed by atoms with van der Waals surface area (Å²) in [7, 11) is 2.27. The molecule has 0 spiro atoms. The first-order valence-corrected chi connectivity index (χ1v) is 6.08. The molecule has 0 N–H and O–H groups in total. The van der Waals surface area contributed by atoms with E-state index in [1.165, 1.54) is 0 Å². The molecule has 1 aliphatic rings. The molecule has 1 aliphatic heterocycles. The minimum Gasteiger partial charge on any atom is -0.253 e.